The van der Waals surface area contributed by atoms with E-state index in [4.69, 9.17) is 4.98 Å². The Morgan fingerprint density at radius 2 is 1.75 bits per heavy atom. The van der Waals surface area contributed by atoms with Gasteiger partial charge in [-0.2, -0.15) is 0 Å². The van der Waals surface area contributed by atoms with E-state index < -0.39 is 0 Å². The molecular formula is C24H14N4. The first kappa shape index (κ1) is 14.3. The molecule has 0 bridgehead atoms. The number of nitrogens with zero attached hydrogens (tertiary/aromatic N) is 4. The number of benzene rings is 2. The molecule has 2 aromatic carbocycles. The smallest absolute Gasteiger partial charge is 0.178 e. The highest BCUT2D eigenvalue weighted by molar-refractivity contribution is 6.19. The maximum Gasteiger partial charge on any atom is 0.178 e. The van der Waals surface area contributed by atoms with Crippen LogP contribution in [0.4, 0.5) is 0 Å². The molecule has 0 spiro atoms. The lowest BCUT2D eigenvalue weighted by Crippen LogP contribution is -1.94. The summed E-state index contributed by atoms with van der Waals surface area (Å²) in [5.74, 6) is 0. The molecule has 0 aliphatic heterocycles. The Morgan fingerprint density at radius 3 is 2.75 bits per heavy atom. The highest BCUT2D eigenvalue weighted by Gasteiger charge is 2.24. The van der Waals surface area contributed by atoms with Crippen LogP contribution in [-0.2, 0) is 6.42 Å². The lowest BCUT2D eigenvalue weighted by Gasteiger charge is -2.12. The highest BCUT2D eigenvalue weighted by Crippen LogP contribution is 2.44. The minimum absolute atomic E-state index is 0.775. The van der Waals surface area contributed by atoms with Crippen molar-refractivity contribution in [3.63, 3.8) is 0 Å². The largest absolute Gasteiger partial charge is 0.290 e. The van der Waals surface area contributed by atoms with Crippen LogP contribution < -0.4 is 0 Å². The summed E-state index contributed by atoms with van der Waals surface area (Å²) in [5.41, 5.74) is 9.24. The van der Waals surface area contributed by atoms with Gasteiger partial charge in [0.05, 0.1) is 11.0 Å². The van der Waals surface area contributed by atoms with Crippen LogP contribution in [0.1, 0.15) is 11.1 Å². The summed E-state index contributed by atoms with van der Waals surface area (Å²) in [6.07, 6.45) is 6.59. The van der Waals surface area contributed by atoms with E-state index in [1.54, 1.807) is 6.20 Å². The molecule has 0 saturated carbocycles. The first-order chi connectivity index (χ1) is 13.9. The summed E-state index contributed by atoms with van der Waals surface area (Å²) in [5, 5.41) is 3.53. The minimum atomic E-state index is 0.775. The second kappa shape index (κ2) is 4.93. The van der Waals surface area contributed by atoms with Crippen LogP contribution in [-0.4, -0.2) is 19.4 Å². The third-order valence-electron chi connectivity index (χ3n) is 5.94. The molecule has 0 atom stereocenters. The van der Waals surface area contributed by atoms with E-state index >= 15 is 0 Å². The number of aromatic nitrogens is 4. The van der Waals surface area contributed by atoms with Gasteiger partial charge < -0.3 is 0 Å². The number of pyridine rings is 3. The topological polar surface area (TPSA) is 43.1 Å². The third kappa shape index (κ3) is 1.63. The van der Waals surface area contributed by atoms with E-state index in [0.29, 0.717) is 0 Å². The first-order valence-electron chi connectivity index (χ1n) is 9.43. The van der Waals surface area contributed by atoms with Crippen molar-refractivity contribution in [1.29, 1.82) is 0 Å². The van der Waals surface area contributed by atoms with Crippen molar-refractivity contribution in [2.75, 3.05) is 0 Å². The van der Waals surface area contributed by atoms with Gasteiger partial charge in [-0.25, -0.2) is 9.97 Å². The molecule has 130 valence electrons. The number of hydrogen-bond acceptors (Lipinski definition) is 3. The van der Waals surface area contributed by atoms with Gasteiger partial charge in [-0.15, -0.1) is 0 Å². The van der Waals surface area contributed by atoms with E-state index in [2.05, 4.69) is 62.9 Å². The van der Waals surface area contributed by atoms with Crippen molar-refractivity contribution in [2.45, 2.75) is 6.42 Å². The van der Waals surface area contributed by atoms with Gasteiger partial charge >= 0.3 is 0 Å². The predicted molar refractivity (Wildman–Crippen MR) is 112 cm³/mol. The van der Waals surface area contributed by atoms with Crippen molar-refractivity contribution in [3.8, 4) is 11.1 Å². The average Bonchev–Trinajstić information content (AvgIpc) is 3.32. The lowest BCUT2D eigenvalue weighted by molar-refractivity contribution is 1.26. The van der Waals surface area contributed by atoms with Crippen molar-refractivity contribution < 1.29 is 0 Å². The van der Waals surface area contributed by atoms with Crippen LogP contribution in [0.15, 0.2) is 73.2 Å². The van der Waals surface area contributed by atoms with Crippen LogP contribution in [0.5, 0.6) is 0 Å². The Balaban J connectivity index is 1.84. The Kier molecular flexibility index (Phi) is 2.51. The summed E-state index contributed by atoms with van der Waals surface area (Å²) < 4.78 is 2.24. The zero-order chi connectivity index (χ0) is 18.2. The van der Waals surface area contributed by atoms with E-state index in [1.807, 2.05) is 18.5 Å². The monoisotopic (exact) mass is 358 g/mol. The van der Waals surface area contributed by atoms with Gasteiger partial charge in [-0.3, -0.25) is 9.38 Å². The Labute approximate surface area is 160 Å². The molecule has 4 heteroatoms. The molecule has 0 radical (unpaired) electrons. The molecule has 1 aliphatic rings. The van der Waals surface area contributed by atoms with E-state index in [1.165, 1.54) is 33.0 Å². The summed E-state index contributed by atoms with van der Waals surface area (Å²) in [7, 11) is 0. The Hall–Kier alpha value is -3.79. The van der Waals surface area contributed by atoms with Crippen molar-refractivity contribution in [1.82, 2.24) is 19.4 Å². The Bertz CT molecular complexity index is 1590. The van der Waals surface area contributed by atoms with E-state index in [-0.39, 0.29) is 0 Å². The van der Waals surface area contributed by atoms with Crippen LogP contribution >= 0.6 is 0 Å². The van der Waals surface area contributed by atoms with Crippen LogP contribution in [0.3, 0.4) is 0 Å². The molecule has 1 aliphatic carbocycles. The number of fused-ring (bicyclic) bond motifs is 12. The molecule has 4 heterocycles. The molecule has 0 amide bonds. The van der Waals surface area contributed by atoms with E-state index in [9.17, 15) is 0 Å². The predicted octanol–water partition coefficient (Wildman–Crippen LogP) is 5.16. The van der Waals surface area contributed by atoms with Crippen LogP contribution in [0, 0.1) is 0 Å². The number of imidazole rings is 1. The molecule has 28 heavy (non-hydrogen) atoms. The average molecular weight is 358 g/mol. The van der Waals surface area contributed by atoms with Crippen molar-refractivity contribution >= 4 is 38.5 Å². The second-order valence-electron chi connectivity index (χ2n) is 7.37. The highest BCUT2D eigenvalue weighted by atomic mass is 15.1. The third-order valence-corrected chi connectivity index (χ3v) is 5.94. The van der Waals surface area contributed by atoms with E-state index in [0.717, 1.165) is 34.1 Å². The SMILES string of the molecule is c1ccc2c(c1)Cc1ccc3c4cnccc4n4c5cccnc5nc4c3c1-2. The molecule has 4 nitrogen and oxygen atoms in total. The van der Waals surface area contributed by atoms with Gasteiger partial charge in [0.1, 0.15) is 5.65 Å². The molecule has 4 aromatic heterocycles. The standard InChI is InChI=1S/C24H14N4/c1-2-5-16-14(4-1)12-15-7-8-17-18-13-25-11-9-19(18)28-20-6-3-10-26-23(20)27-24(28)22(17)21(15)16/h1-11,13H,12H2. The molecule has 0 N–H and O–H groups in total. The van der Waals surface area contributed by atoms with Crippen molar-refractivity contribution in [3.05, 3.63) is 84.3 Å². The molecule has 0 unspecified atom stereocenters. The summed E-state index contributed by atoms with van der Waals surface area (Å²) >= 11 is 0. The lowest BCUT2D eigenvalue weighted by atomic mass is 9.97. The van der Waals surface area contributed by atoms with Gasteiger partial charge in [0.25, 0.3) is 0 Å². The second-order valence-corrected chi connectivity index (χ2v) is 7.37. The molecule has 0 saturated heterocycles. The molecular weight excluding hydrogens is 344 g/mol. The maximum absolute atomic E-state index is 4.98. The number of hydrogen-bond donors (Lipinski definition) is 0. The van der Waals surface area contributed by atoms with Crippen LogP contribution in [0.2, 0.25) is 0 Å². The quantitative estimate of drug-likeness (QED) is 0.352. The zero-order valence-electron chi connectivity index (χ0n) is 14.9. The van der Waals surface area contributed by atoms with Crippen LogP contribution in [0.25, 0.3) is 49.6 Å². The van der Waals surface area contributed by atoms with Gasteiger partial charge in [0.2, 0.25) is 0 Å². The molecule has 7 rings (SSSR count). The fourth-order valence-electron chi connectivity index (χ4n) is 4.80. The molecule has 6 aromatic rings. The minimum Gasteiger partial charge on any atom is -0.290 e. The summed E-state index contributed by atoms with van der Waals surface area (Å²) in [6.45, 7) is 0. The first-order valence-corrected chi connectivity index (χ1v) is 9.43. The summed E-state index contributed by atoms with van der Waals surface area (Å²) in [6, 6.07) is 19.3. The molecule has 0 fully saturated rings. The van der Waals surface area contributed by atoms with Gasteiger partial charge in [0, 0.05) is 29.4 Å². The maximum atomic E-state index is 4.98. The normalized spacial score (nSPS) is 12.9. The van der Waals surface area contributed by atoms with Gasteiger partial charge in [-0.1, -0.05) is 36.4 Å². The fourth-order valence-corrected chi connectivity index (χ4v) is 4.80. The number of rotatable bonds is 0. The summed E-state index contributed by atoms with van der Waals surface area (Å²) in [4.78, 5) is 13.9. The van der Waals surface area contributed by atoms with Crippen molar-refractivity contribution in [2.24, 2.45) is 0 Å². The fraction of sp³-hybridized carbons (Fsp3) is 0.0417. The zero-order valence-corrected chi connectivity index (χ0v) is 14.9. The Morgan fingerprint density at radius 1 is 0.786 bits per heavy atom. The van der Waals surface area contributed by atoms with Gasteiger partial charge in [-0.05, 0) is 52.3 Å². The van der Waals surface area contributed by atoms with Gasteiger partial charge in [0.15, 0.2) is 5.65 Å².